The molecule has 1 amide bonds. The monoisotopic (exact) mass is 343 g/mol. The standard InChI is InChI=1S/C15H21NO4S2/c1-3-12-10-16(8-9-20-12)15(17)11-21-13-4-6-14(7-5-13)22(2,18)19/h4-7,12H,3,8-11H2,1-2H3/t12-/m1/s1. The number of hydrogen-bond donors (Lipinski definition) is 0. The topological polar surface area (TPSA) is 63.7 Å². The number of thioether (sulfide) groups is 1. The summed E-state index contributed by atoms with van der Waals surface area (Å²) in [5.74, 6) is 0.452. The Morgan fingerprint density at radius 2 is 2.05 bits per heavy atom. The van der Waals surface area contributed by atoms with Crippen molar-refractivity contribution in [3.05, 3.63) is 24.3 Å². The SMILES string of the molecule is CC[C@@H]1CN(C(=O)CSc2ccc(S(C)(=O)=O)cc2)CCO1. The summed E-state index contributed by atoms with van der Waals surface area (Å²) in [7, 11) is -3.18. The van der Waals surface area contributed by atoms with Crippen molar-refractivity contribution in [2.45, 2.75) is 29.2 Å². The van der Waals surface area contributed by atoms with Gasteiger partial charge in [0.15, 0.2) is 9.84 Å². The normalized spacial score (nSPS) is 19.2. The van der Waals surface area contributed by atoms with E-state index in [1.807, 2.05) is 4.90 Å². The van der Waals surface area contributed by atoms with Crippen molar-refractivity contribution in [3.63, 3.8) is 0 Å². The molecule has 1 aliphatic rings. The average Bonchev–Trinajstić information content (AvgIpc) is 2.52. The lowest BCUT2D eigenvalue weighted by atomic mass is 10.2. The van der Waals surface area contributed by atoms with Crippen molar-refractivity contribution in [2.24, 2.45) is 0 Å². The van der Waals surface area contributed by atoms with Crippen molar-refractivity contribution in [3.8, 4) is 0 Å². The zero-order valence-electron chi connectivity index (χ0n) is 12.8. The first-order valence-corrected chi connectivity index (χ1v) is 10.1. The Bertz CT molecular complexity index is 613. The number of nitrogens with zero attached hydrogens (tertiary/aromatic N) is 1. The Labute approximate surface area is 135 Å². The lowest BCUT2D eigenvalue weighted by Gasteiger charge is -2.32. The van der Waals surface area contributed by atoms with Crippen LogP contribution in [0.4, 0.5) is 0 Å². The van der Waals surface area contributed by atoms with E-state index in [0.29, 0.717) is 30.3 Å². The maximum absolute atomic E-state index is 12.2. The number of morpholine rings is 1. The summed E-state index contributed by atoms with van der Waals surface area (Å²) in [4.78, 5) is 15.2. The maximum atomic E-state index is 12.2. The van der Waals surface area contributed by atoms with Crippen molar-refractivity contribution in [2.75, 3.05) is 31.7 Å². The Balaban J connectivity index is 1.88. The molecular formula is C15H21NO4S2. The molecule has 1 aromatic rings. The van der Waals surface area contributed by atoms with E-state index in [-0.39, 0.29) is 12.0 Å². The van der Waals surface area contributed by atoms with E-state index in [0.717, 1.165) is 11.3 Å². The number of sulfone groups is 1. The molecule has 0 unspecified atom stereocenters. The van der Waals surface area contributed by atoms with Crippen LogP contribution in [-0.2, 0) is 19.4 Å². The second kappa shape index (κ2) is 7.48. The molecule has 122 valence electrons. The molecule has 5 nitrogen and oxygen atoms in total. The molecule has 1 aliphatic heterocycles. The van der Waals surface area contributed by atoms with E-state index in [1.54, 1.807) is 24.3 Å². The summed E-state index contributed by atoms with van der Waals surface area (Å²) >= 11 is 1.42. The lowest BCUT2D eigenvalue weighted by Crippen LogP contribution is -2.46. The number of amides is 1. The molecule has 7 heteroatoms. The molecular weight excluding hydrogens is 322 g/mol. The number of benzene rings is 1. The Hall–Kier alpha value is -1.05. The highest BCUT2D eigenvalue weighted by Crippen LogP contribution is 2.21. The zero-order valence-corrected chi connectivity index (χ0v) is 14.5. The van der Waals surface area contributed by atoms with Crippen LogP contribution in [0.3, 0.4) is 0 Å². The summed E-state index contributed by atoms with van der Waals surface area (Å²) in [6.07, 6.45) is 2.22. The molecule has 0 spiro atoms. The van der Waals surface area contributed by atoms with Gasteiger partial charge in [-0.25, -0.2) is 8.42 Å². The average molecular weight is 343 g/mol. The van der Waals surface area contributed by atoms with Gasteiger partial charge in [0.05, 0.1) is 23.4 Å². The number of carbonyl (C=O) groups excluding carboxylic acids is 1. The molecule has 22 heavy (non-hydrogen) atoms. The maximum Gasteiger partial charge on any atom is 0.233 e. The third kappa shape index (κ3) is 4.72. The van der Waals surface area contributed by atoms with Gasteiger partial charge in [0.2, 0.25) is 5.91 Å². The zero-order chi connectivity index (χ0) is 16.2. The predicted octanol–water partition coefficient (Wildman–Crippen LogP) is 1.82. The fraction of sp³-hybridized carbons (Fsp3) is 0.533. The summed E-state index contributed by atoms with van der Waals surface area (Å²) < 4.78 is 28.4. The number of carbonyl (C=O) groups is 1. The van der Waals surface area contributed by atoms with Gasteiger partial charge in [-0.1, -0.05) is 6.92 Å². The quantitative estimate of drug-likeness (QED) is 0.763. The van der Waals surface area contributed by atoms with Crippen LogP contribution in [0, 0.1) is 0 Å². The van der Waals surface area contributed by atoms with Gasteiger partial charge in [-0.2, -0.15) is 0 Å². The second-order valence-corrected chi connectivity index (χ2v) is 8.34. The molecule has 1 saturated heterocycles. The molecule has 0 aliphatic carbocycles. The van der Waals surface area contributed by atoms with E-state index in [4.69, 9.17) is 4.74 Å². The summed E-state index contributed by atoms with van der Waals surface area (Å²) in [5.41, 5.74) is 0. The molecule has 0 radical (unpaired) electrons. The smallest absolute Gasteiger partial charge is 0.233 e. The molecule has 0 N–H and O–H groups in total. The first-order chi connectivity index (χ1) is 10.4. The summed E-state index contributed by atoms with van der Waals surface area (Å²) in [6, 6.07) is 6.62. The van der Waals surface area contributed by atoms with Gasteiger partial charge in [-0.15, -0.1) is 11.8 Å². The minimum Gasteiger partial charge on any atom is -0.375 e. The van der Waals surface area contributed by atoms with Gasteiger partial charge >= 0.3 is 0 Å². The molecule has 1 fully saturated rings. The molecule has 0 aromatic heterocycles. The van der Waals surface area contributed by atoms with Crippen LogP contribution in [0.2, 0.25) is 0 Å². The fourth-order valence-electron chi connectivity index (χ4n) is 2.21. The molecule has 2 rings (SSSR count). The number of rotatable bonds is 5. The van der Waals surface area contributed by atoms with E-state index in [1.165, 1.54) is 18.0 Å². The van der Waals surface area contributed by atoms with Crippen LogP contribution >= 0.6 is 11.8 Å². The third-order valence-electron chi connectivity index (χ3n) is 3.56. The van der Waals surface area contributed by atoms with Crippen LogP contribution in [0.1, 0.15) is 13.3 Å². The van der Waals surface area contributed by atoms with E-state index >= 15 is 0 Å². The Morgan fingerprint density at radius 3 is 2.64 bits per heavy atom. The number of hydrogen-bond acceptors (Lipinski definition) is 5. The first-order valence-electron chi connectivity index (χ1n) is 7.22. The van der Waals surface area contributed by atoms with Crippen LogP contribution in [-0.4, -0.2) is 57.0 Å². The van der Waals surface area contributed by atoms with Crippen molar-refractivity contribution in [1.82, 2.24) is 4.90 Å². The lowest BCUT2D eigenvalue weighted by molar-refractivity contribution is -0.135. The van der Waals surface area contributed by atoms with Crippen LogP contribution in [0.25, 0.3) is 0 Å². The van der Waals surface area contributed by atoms with E-state index in [2.05, 4.69) is 6.92 Å². The van der Waals surface area contributed by atoms with Gasteiger partial charge < -0.3 is 9.64 Å². The second-order valence-electron chi connectivity index (χ2n) is 5.27. The largest absolute Gasteiger partial charge is 0.375 e. The highest BCUT2D eigenvalue weighted by molar-refractivity contribution is 8.00. The van der Waals surface area contributed by atoms with E-state index in [9.17, 15) is 13.2 Å². The van der Waals surface area contributed by atoms with E-state index < -0.39 is 9.84 Å². The third-order valence-corrected chi connectivity index (χ3v) is 5.69. The molecule has 0 saturated carbocycles. The highest BCUT2D eigenvalue weighted by atomic mass is 32.2. The summed E-state index contributed by atoms with van der Waals surface area (Å²) in [6.45, 7) is 3.94. The first kappa shape index (κ1) is 17.3. The predicted molar refractivity (Wildman–Crippen MR) is 86.9 cm³/mol. The van der Waals surface area contributed by atoms with Crippen LogP contribution in [0.5, 0.6) is 0 Å². The highest BCUT2D eigenvalue weighted by Gasteiger charge is 2.22. The van der Waals surface area contributed by atoms with Crippen LogP contribution in [0.15, 0.2) is 34.1 Å². The summed E-state index contributed by atoms with van der Waals surface area (Å²) in [5, 5.41) is 0. The Morgan fingerprint density at radius 1 is 1.36 bits per heavy atom. The van der Waals surface area contributed by atoms with Gasteiger partial charge in [0, 0.05) is 24.2 Å². The van der Waals surface area contributed by atoms with Gasteiger partial charge in [-0.3, -0.25) is 4.79 Å². The molecule has 1 heterocycles. The van der Waals surface area contributed by atoms with Crippen molar-refractivity contribution < 1.29 is 17.9 Å². The van der Waals surface area contributed by atoms with Gasteiger partial charge in [0.1, 0.15) is 0 Å². The van der Waals surface area contributed by atoms with Crippen molar-refractivity contribution >= 4 is 27.5 Å². The molecule has 1 atom stereocenters. The molecule has 1 aromatic carbocycles. The van der Waals surface area contributed by atoms with Crippen molar-refractivity contribution in [1.29, 1.82) is 0 Å². The fourth-order valence-corrected chi connectivity index (χ4v) is 3.64. The van der Waals surface area contributed by atoms with Crippen LogP contribution < -0.4 is 0 Å². The Kier molecular flexibility index (Phi) is 5.88. The minimum atomic E-state index is -3.18. The van der Waals surface area contributed by atoms with Gasteiger partial charge in [-0.05, 0) is 30.7 Å². The molecule has 0 bridgehead atoms. The minimum absolute atomic E-state index is 0.0962. The van der Waals surface area contributed by atoms with Gasteiger partial charge in [0.25, 0.3) is 0 Å². The number of ether oxygens (including phenoxy) is 1.